The van der Waals surface area contributed by atoms with Crippen molar-refractivity contribution in [2.75, 3.05) is 0 Å². The molecule has 3 heteroatoms. The molecule has 0 unspecified atom stereocenters. The van der Waals surface area contributed by atoms with Crippen molar-refractivity contribution in [2.24, 2.45) is 0 Å². The van der Waals surface area contributed by atoms with E-state index in [4.69, 9.17) is 11.6 Å². The molecule has 1 aromatic rings. The van der Waals surface area contributed by atoms with Crippen molar-refractivity contribution < 1.29 is 0 Å². The van der Waals surface area contributed by atoms with Gasteiger partial charge in [0.05, 0.1) is 10.7 Å². The van der Waals surface area contributed by atoms with E-state index in [1.807, 2.05) is 24.7 Å². The van der Waals surface area contributed by atoms with Crippen molar-refractivity contribution >= 4 is 11.6 Å². The van der Waals surface area contributed by atoms with Crippen LogP contribution in [0, 0.1) is 6.92 Å². The minimum atomic E-state index is 0.747. The standard InChI is InChI=1S/C6H9ClN2/c1-3-9-4-6(7)5(2)8-9/h4H,3H2,1-2H3. The molecule has 1 rings (SSSR count). The lowest BCUT2D eigenvalue weighted by atomic mass is 10.5. The Morgan fingerprint density at radius 3 is 2.67 bits per heavy atom. The van der Waals surface area contributed by atoms with Crippen LogP contribution in [-0.2, 0) is 6.54 Å². The van der Waals surface area contributed by atoms with E-state index in [1.54, 1.807) is 0 Å². The molecule has 0 aromatic carbocycles. The number of hydrogen-bond acceptors (Lipinski definition) is 1. The number of aromatic nitrogens is 2. The molecule has 0 amide bonds. The maximum atomic E-state index is 5.72. The SMILES string of the molecule is CCn1cc(Cl)c(C)n1. The molecule has 0 saturated heterocycles. The maximum Gasteiger partial charge on any atom is 0.0814 e. The first-order valence-electron chi connectivity index (χ1n) is 2.93. The minimum absolute atomic E-state index is 0.747. The monoisotopic (exact) mass is 144 g/mol. The van der Waals surface area contributed by atoms with E-state index in [0.29, 0.717) is 0 Å². The second-order valence-electron chi connectivity index (χ2n) is 1.92. The van der Waals surface area contributed by atoms with Crippen molar-refractivity contribution in [3.63, 3.8) is 0 Å². The first-order chi connectivity index (χ1) is 4.24. The molecule has 0 spiro atoms. The summed E-state index contributed by atoms with van der Waals surface area (Å²) in [5.74, 6) is 0. The number of halogens is 1. The van der Waals surface area contributed by atoms with E-state index in [2.05, 4.69) is 5.10 Å². The summed E-state index contributed by atoms with van der Waals surface area (Å²) in [4.78, 5) is 0. The second-order valence-corrected chi connectivity index (χ2v) is 2.33. The molecule has 0 saturated carbocycles. The number of rotatable bonds is 1. The van der Waals surface area contributed by atoms with Crippen LogP contribution < -0.4 is 0 Å². The van der Waals surface area contributed by atoms with E-state index in [9.17, 15) is 0 Å². The molecule has 2 nitrogen and oxygen atoms in total. The molecule has 0 bridgehead atoms. The number of nitrogens with zero attached hydrogens (tertiary/aromatic N) is 2. The van der Waals surface area contributed by atoms with Crippen LogP contribution in [0.15, 0.2) is 6.20 Å². The first kappa shape index (κ1) is 6.62. The van der Waals surface area contributed by atoms with Gasteiger partial charge in [-0.1, -0.05) is 11.6 Å². The molecule has 0 aliphatic rings. The zero-order valence-corrected chi connectivity index (χ0v) is 6.31. The smallest absolute Gasteiger partial charge is 0.0814 e. The molecule has 0 radical (unpaired) electrons. The molecule has 0 aliphatic carbocycles. The Morgan fingerprint density at radius 2 is 2.44 bits per heavy atom. The van der Waals surface area contributed by atoms with Crippen molar-refractivity contribution in [2.45, 2.75) is 20.4 Å². The molecule has 50 valence electrons. The summed E-state index contributed by atoms with van der Waals surface area (Å²) < 4.78 is 1.82. The van der Waals surface area contributed by atoms with Crippen molar-refractivity contribution in [3.8, 4) is 0 Å². The Kier molecular flexibility index (Phi) is 1.76. The summed E-state index contributed by atoms with van der Waals surface area (Å²) in [6.45, 7) is 4.81. The lowest BCUT2D eigenvalue weighted by Crippen LogP contribution is -1.93. The van der Waals surface area contributed by atoms with Crippen molar-refractivity contribution in [1.29, 1.82) is 0 Å². The minimum Gasteiger partial charge on any atom is -0.271 e. The van der Waals surface area contributed by atoms with Gasteiger partial charge in [0.15, 0.2) is 0 Å². The van der Waals surface area contributed by atoms with Crippen LogP contribution >= 0.6 is 11.6 Å². The Labute approximate surface area is 59.4 Å². The average Bonchev–Trinajstić information content (AvgIpc) is 2.13. The highest BCUT2D eigenvalue weighted by atomic mass is 35.5. The molecule has 1 aromatic heterocycles. The van der Waals surface area contributed by atoms with Gasteiger partial charge >= 0.3 is 0 Å². The Balaban J connectivity index is 2.98. The fourth-order valence-electron chi connectivity index (χ4n) is 0.656. The average molecular weight is 145 g/mol. The van der Waals surface area contributed by atoms with Gasteiger partial charge in [-0.05, 0) is 13.8 Å². The Morgan fingerprint density at radius 1 is 1.78 bits per heavy atom. The summed E-state index contributed by atoms with van der Waals surface area (Å²) in [7, 11) is 0. The fourth-order valence-corrected chi connectivity index (χ4v) is 0.806. The number of aryl methyl sites for hydroxylation is 2. The number of hydrogen-bond donors (Lipinski definition) is 0. The van der Waals surface area contributed by atoms with E-state index < -0.39 is 0 Å². The molecule has 0 atom stereocenters. The fraction of sp³-hybridized carbons (Fsp3) is 0.500. The highest BCUT2D eigenvalue weighted by Crippen LogP contribution is 2.11. The lowest BCUT2D eigenvalue weighted by molar-refractivity contribution is 0.653. The van der Waals surface area contributed by atoms with Gasteiger partial charge in [-0.3, -0.25) is 4.68 Å². The van der Waals surface area contributed by atoms with Gasteiger partial charge in [0.25, 0.3) is 0 Å². The third kappa shape index (κ3) is 1.24. The molecule has 9 heavy (non-hydrogen) atoms. The van der Waals surface area contributed by atoms with Crippen molar-refractivity contribution in [1.82, 2.24) is 9.78 Å². The Hall–Kier alpha value is -0.500. The molecule has 0 fully saturated rings. The topological polar surface area (TPSA) is 17.8 Å². The molecule has 0 aliphatic heterocycles. The summed E-state index contributed by atoms with van der Waals surface area (Å²) in [5.41, 5.74) is 0.901. The normalized spacial score (nSPS) is 10.1. The van der Waals surface area contributed by atoms with Crippen LogP contribution in [-0.4, -0.2) is 9.78 Å². The van der Waals surface area contributed by atoms with E-state index in [1.165, 1.54) is 0 Å². The van der Waals surface area contributed by atoms with Crippen LogP contribution in [0.5, 0.6) is 0 Å². The summed E-state index contributed by atoms with van der Waals surface area (Å²) in [6.07, 6.45) is 1.83. The van der Waals surface area contributed by atoms with Crippen molar-refractivity contribution in [3.05, 3.63) is 16.9 Å². The quantitative estimate of drug-likeness (QED) is 0.589. The van der Waals surface area contributed by atoms with Crippen LogP contribution in [0.4, 0.5) is 0 Å². The van der Waals surface area contributed by atoms with E-state index >= 15 is 0 Å². The summed E-state index contributed by atoms with van der Waals surface area (Å²) in [6, 6.07) is 0. The van der Waals surface area contributed by atoms with E-state index in [-0.39, 0.29) is 0 Å². The third-order valence-electron chi connectivity index (χ3n) is 1.21. The lowest BCUT2D eigenvalue weighted by Gasteiger charge is -1.88. The van der Waals surface area contributed by atoms with Crippen LogP contribution in [0.25, 0.3) is 0 Å². The second kappa shape index (κ2) is 2.40. The zero-order valence-electron chi connectivity index (χ0n) is 5.56. The highest BCUT2D eigenvalue weighted by Gasteiger charge is 1.97. The predicted octanol–water partition coefficient (Wildman–Crippen LogP) is 1.86. The van der Waals surface area contributed by atoms with Gasteiger partial charge in [-0.25, -0.2) is 0 Å². The van der Waals surface area contributed by atoms with Gasteiger partial charge < -0.3 is 0 Å². The summed E-state index contributed by atoms with van der Waals surface area (Å²) in [5, 5.41) is 4.86. The maximum absolute atomic E-state index is 5.72. The van der Waals surface area contributed by atoms with Crippen LogP contribution in [0.3, 0.4) is 0 Å². The van der Waals surface area contributed by atoms with Crippen LogP contribution in [0.1, 0.15) is 12.6 Å². The molecular weight excluding hydrogens is 136 g/mol. The van der Waals surface area contributed by atoms with Gasteiger partial charge in [0.2, 0.25) is 0 Å². The third-order valence-corrected chi connectivity index (χ3v) is 1.58. The first-order valence-corrected chi connectivity index (χ1v) is 3.31. The van der Waals surface area contributed by atoms with Gasteiger partial charge in [-0.15, -0.1) is 0 Å². The Bertz CT molecular complexity index is 185. The van der Waals surface area contributed by atoms with Gasteiger partial charge in [0, 0.05) is 12.7 Å². The molecule has 0 N–H and O–H groups in total. The predicted molar refractivity (Wildman–Crippen MR) is 37.6 cm³/mol. The van der Waals surface area contributed by atoms with Gasteiger partial charge in [0.1, 0.15) is 0 Å². The van der Waals surface area contributed by atoms with Crippen LogP contribution in [0.2, 0.25) is 5.02 Å². The largest absolute Gasteiger partial charge is 0.271 e. The molecular formula is C6H9ClN2. The zero-order chi connectivity index (χ0) is 6.85. The van der Waals surface area contributed by atoms with Gasteiger partial charge in [-0.2, -0.15) is 5.10 Å². The summed E-state index contributed by atoms with van der Waals surface area (Å²) >= 11 is 5.72. The molecule has 1 heterocycles. The van der Waals surface area contributed by atoms with E-state index in [0.717, 1.165) is 17.3 Å². The highest BCUT2D eigenvalue weighted by molar-refractivity contribution is 6.31.